The second-order valence-corrected chi connectivity index (χ2v) is 88.6. The predicted molar refractivity (Wildman–Crippen MR) is 585 cm³/mol. The van der Waals surface area contributed by atoms with Gasteiger partial charge in [-0.2, -0.15) is 0 Å². The van der Waals surface area contributed by atoms with Gasteiger partial charge in [-0.3, -0.25) is 4.79 Å². The second-order valence-electron chi connectivity index (χ2n) is 46.1. The van der Waals surface area contributed by atoms with Crippen molar-refractivity contribution in [3.05, 3.63) is 47.5 Å². The van der Waals surface area contributed by atoms with Crippen LogP contribution >= 0.6 is 0 Å². The molecule has 3 aliphatic heterocycles. The van der Waals surface area contributed by atoms with E-state index in [4.69, 9.17) is 73.0 Å². The lowest BCUT2D eigenvalue weighted by Gasteiger charge is -2.72. The van der Waals surface area contributed by atoms with Crippen molar-refractivity contribution in [1.82, 2.24) is 0 Å². The van der Waals surface area contributed by atoms with E-state index in [1.54, 1.807) is 0 Å². The smallest absolute Gasteiger partial charge is 0.338 e. The Bertz CT molecular complexity index is 3850. The van der Waals surface area contributed by atoms with Crippen LogP contribution in [0.15, 0.2) is 42.0 Å². The molecule has 5 aliphatic carbocycles. The summed E-state index contributed by atoms with van der Waals surface area (Å²) >= 11 is 0. The minimum absolute atomic E-state index is 0.0582. The molecule has 7 fully saturated rings. The van der Waals surface area contributed by atoms with E-state index >= 15 is 9.59 Å². The number of esters is 1. The number of aliphatic carboxylic acids is 1. The summed E-state index contributed by atoms with van der Waals surface area (Å²) in [7, 11) is -23.8. The number of rotatable bonds is 57. The number of ether oxygens (including phenoxy) is 7. The Labute approximate surface area is 851 Å². The van der Waals surface area contributed by atoms with Crippen molar-refractivity contribution in [3.63, 3.8) is 0 Å². The average Bonchev–Trinajstić information content (AvgIpc) is 0.666. The minimum Gasteiger partial charge on any atom is -0.481 e. The predicted octanol–water partition coefficient (Wildman–Crippen LogP) is 28.9. The molecule has 8 aliphatic rings. The molecule has 1 N–H and O–H groups in total. The largest absolute Gasteiger partial charge is 0.481 e. The lowest BCUT2D eigenvalue weighted by atomic mass is 9.33. The molecule has 138 heavy (non-hydrogen) atoms. The van der Waals surface area contributed by atoms with Crippen molar-refractivity contribution in [3.8, 4) is 0 Å². The van der Waals surface area contributed by atoms with E-state index in [9.17, 15) is 9.90 Å². The Morgan fingerprint density at radius 2 is 0.790 bits per heavy atom. The quantitative estimate of drug-likeness (QED) is 0.0211. The van der Waals surface area contributed by atoms with Gasteiger partial charge in [0.25, 0.3) is 0 Å². The summed E-state index contributed by atoms with van der Waals surface area (Å²) in [5.74, 6) is -1.67. The maximum absolute atomic E-state index is 16.9. The van der Waals surface area contributed by atoms with Gasteiger partial charge < -0.3 is 82.9 Å². The van der Waals surface area contributed by atoms with E-state index < -0.39 is 213 Å². The summed E-state index contributed by atoms with van der Waals surface area (Å²) in [5, 5.41) is 12.1. The number of carboxylic acid groups (broad SMARTS) is 1. The van der Waals surface area contributed by atoms with Gasteiger partial charge in [0, 0.05) is 0 Å². The molecule has 1 aromatic rings. The molecular weight excluding hydrogens is 1880 g/mol. The van der Waals surface area contributed by atoms with Crippen LogP contribution in [-0.2, 0) is 94.0 Å². The van der Waals surface area contributed by atoms with Crippen molar-refractivity contribution in [2.75, 3.05) is 6.61 Å². The lowest BCUT2D eigenvalue weighted by Crippen LogP contribution is -2.72. The van der Waals surface area contributed by atoms with Crippen LogP contribution in [0.25, 0.3) is 0 Å². The number of hydrogen-bond donors (Lipinski definition) is 1. The highest BCUT2D eigenvalue weighted by Gasteiger charge is 2.74. The van der Waals surface area contributed by atoms with Gasteiger partial charge in [-0.05, 0) is 273 Å². The monoisotopic (exact) mass is 2090 g/mol. The standard InChI is InChI=1S/C109H206O20Si9/c1-35-130(36-2,37-3)115-78-84-90(124-133(44-10,45-11)46-12)93(126-135(50-16,51-17)52-18)98(129-138(59-25,60-26)61-27)102(117-84)121-96-91(119-101-97(128-137(56-22,57-23)58-24)92(125-134(47-13,48-14)49-15)89(80(28)116-101)123-132(41-7,42-8)43-9)94(127-136(53-19,54-20)55-21)95(99(111)114-77-81-65-63-62-64-66-81)120-100(96)118-87-70-71-105(31)85(106(87,32)79-110)69-72-107(33)86(105)68-67-82-83-75-104(29,30)73-74-109(83,103(112)113)88(76-108(82,107)34)122-131(38-4,39-5)40-6/h62-67,79-80,83-98,100-102H,35-61,68-78H2,1-34H3,(H,112,113)/t80-,83?,84+,85?,86?,87-,88+,89+,90-,91-,92-,93-,94-,95-,96+,97+,98+,100+,101-,102+,105-,106-,107+,108+,109+/m0/s1. The molecule has 29 heteroatoms. The zero-order chi connectivity index (χ0) is 102. The van der Waals surface area contributed by atoms with E-state index in [1.807, 2.05) is 30.3 Å². The number of aldehydes is 1. The van der Waals surface area contributed by atoms with Crippen LogP contribution in [0.2, 0.25) is 163 Å². The van der Waals surface area contributed by atoms with Crippen molar-refractivity contribution >= 4 is 93.1 Å². The van der Waals surface area contributed by atoms with Gasteiger partial charge in [0.15, 0.2) is 99.8 Å². The molecule has 20 nitrogen and oxygen atoms in total. The van der Waals surface area contributed by atoms with E-state index in [0.29, 0.717) is 50.2 Å². The summed E-state index contributed by atoms with van der Waals surface area (Å²) < 4.78 is 131. The zero-order valence-corrected chi connectivity index (χ0v) is 103. The third kappa shape index (κ3) is 23.8. The highest BCUT2D eigenvalue weighted by atomic mass is 28.4. The lowest BCUT2D eigenvalue weighted by molar-refractivity contribution is -0.390. The van der Waals surface area contributed by atoms with E-state index in [1.165, 1.54) is 11.9 Å². The maximum atomic E-state index is 16.9. The first-order valence-corrected chi connectivity index (χ1v) is 79.9. The third-order valence-electron chi connectivity index (χ3n) is 41.2. The highest BCUT2D eigenvalue weighted by Crippen LogP contribution is 2.77. The van der Waals surface area contributed by atoms with E-state index in [0.717, 1.165) is 176 Å². The Kier molecular flexibility index (Phi) is 43.8. The van der Waals surface area contributed by atoms with E-state index in [2.05, 4.69) is 241 Å². The summed E-state index contributed by atoms with van der Waals surface area (Å²) in [6, 6.07) is 33.1. The molecule has 798 valence electrons. The molecule has 0 bridgehead atoms. The summed E-state index contributed by atoms with van der Waals surface area (Å²) in [5.41, 5.74) is -1.37. The second kappa shape index (κ2) is 50.2. The van der Waals surface area contributed by atoms with Crippen molar-refractivity contribution < 1.29 is 92.5 Å². The average molecular weight is 2090 g/mol. The summed E-state index contributed by atoms with van der Waals surface area (Å²) in [4.78, 5) is 47.7. The fraction of sp³-hybridized carbons (Fsp3) is 0.899. The highest BCUT2D eigenvalue weighted by molar-refractivity contribution is 6.77. The Balaban J connectivity index is 1.40. The SMILES string of the molecule is CC[Si](CC)(CC)OC[C@H]1O[C@H](O[C@H]2[C@H](O[C@H]3CC[C@@]4(C)C(CC[C@]5(C)C4CC=C4C6CC(C)(C)CC[C@]6(C(=O)O)[C@H](O[Si](CC)(CC)CC)C[C@]45C)[C@]3(C)C=O)O[C@H](C(=O)OCc3ccccc3)[C@@H](O[Si](CC)(CC)CC)[C@@H]2O[C@@H]2O[C@@H](C)[C@@H](O[Si](CC)(CC)CC)[C@H](O[Si](CC)(CC)CC)[C@H]2O[Si](CC)(CC)CC)[C@H](O[Si](CC)(CC)CC)[C@@H](O[Si](CC)(CC)CC)[C@H]1O[Si](CC)(CC)CC. The van der Waals surface area contributed by atoms with Crippen LogP contribution in [0, 0.1) is 50.2 Å². The van der Waals surface area contributed by atoms with E-state index in [-0.39, 0.29) is 41.8 Å². The van der Waals surface area contributed by atoms with Crippen molar-refractivity contribution in [2.45, 2.75) is 567 Å². The van der Waals surface area contributed by atoms with Crippen LogP contribution in [0.4, 0.5) is 0 Å². The van der Waals surface area contributed by atoms with Gasteiger partial charge in [-0.1, -0.05) is 270 Å². The van der Waals surface area contributed by atoms with Crippen molar-refractivity contribution in [1.29, 1.82) is 0 Å². The number of benzene rings is 1. The molecular formula is C109H206O20Si9. The Morgan fingerprint density at radius 3 is 1.22 bits per heavy atom. The first kappa shape index (κ1) is 120. The number of hydrogen-bond acceptors (Lipinski definition) is 19. The van der Waals surface area contributed by atoms with Gasteiger partial charge in [0.1, 0.15) is 67.8 Å². The fourth-order valence-corrected chi connectivity index (χ4v) is 53.9. The van der Waals surface area contributed by atoms with Gasteiger partial charge in [0.2, 0.25) is 0 Å². The molecule has 1 aromatic carbocycles. The molecule has 3 unspecified atom stereocenters. The molecule has 9 rings (SSSR count). The van der Waals surface area contributed by atoms with Gasteiger partial charge >= 0.3 is 11.9 Å². The number of fused-ring (bicyclic) bond motifs is 7. The van der Waals surface area contributed by atoms with Crippen LogP contribution in [0.1, 0.15) is 299 Å². The van der Waals surface area contributed by atoms with Crippen molar-refractivity contribution in [2.24, 2.45) is 50.2 Å². The van der Waals surface area contributed by atoms with Crippen LogP contribution < -0.4 is 0 Å². The number of carbonyl (C=O) groups is 3. The minimum atomic E-state index is -3.01. The van der Waals surface area contributed by atoms with Gasteiger partial charge in [-0.15, -0.1) is 0 Å². The molecule has 0 amide bonds. The molecule has 0 radical (unpaired) electrons. The number of carboxylic acids is 1. The Morgan fingerprint density at radius 1 is 0.399 bits per heavy atom. The van der Waals surface area contributed by atoms with Gasteiger partial charge in [0.05, 0.1) is 41.9 Å². The van der Waals surface area contributed by atoms with Crippen LogP contribution in [0.5, 0.6) is 0 Å². The summed E-state index contributed by atoms with van der Waals surface area (Å²) in [6.45, 7) is 78.6. The molecule has 3 saturated heterocycles. The fourth-order valence-electron chi connectivity index (χ4n) is 28.4. The zero-order valence-electron chi connectivity index (χ0n) is 94.2. The Hall–Kier alpha value is -1.08. The van der Waals surface area contributed by atoms with Crippen LogP contribution in [-0.4, -0.2) is 209 Å². The normalized spacial score (nSPS) is 34.1. The number of carbonyl (C=O) groups excluding carboxylic acids is 2. The molecule has 4 saturated carbocycles. The maximum Gasteiger partial charge on any atom is 0.338 e. The third-order valence-corrected chi connectivity index (χ3v) is 82.9. The van der Waals surface area contributed by atoms with Crippen LogP contribution in [0.3, 0.4) is 0 Å². The first-order chi connectivity index (χ1) is 65.5. The first-order valence-electron chi connectivity index (χ1n) is 57.1. The summed E-state index contributed by atoms with van der Waals surface area (Å²) in [6.07, 6.45) is -6.44. The molecule has 3 heterocycles. The molecule has 0 aromatic heterocycles. The molecule has 0 spiro atoms. The topological polar surface area (TPSA) is 219 Å². The molecule has 25 atom stereocenters. The number of allylic oxidation sites excluding steroid dienone is 2. The van der Waals surface area contributed by atoms with Gasteiger partial charge in [-0.25, -0.2) is 4.79 Å².